The van der Waals surface area contributed by atoms with Crippen molar-refractivity contribution in [3.63, 3.8) is 0 Å². The van der Waals surface area contributed by atoms with E-state index in [1.807, 2.05) is 0 Å². The molecule has 3 aromatic carbocycles. The molecule has 0 aromatic heterocycles. The average Bonchev–Trinajstić information content (AvgIpc) is 2.70. The van der Waals surface area contributed by atoms with Crippen LogP contribution in [0.5, 0.6) is 0 Å². The van der Waals surface area contributed by atoms with Crippen molar-refractivity contribution in [3.05, 3.63) is 89.0 Å². The second-order valence-corrected chi connectivity index (χ2v) is 6.47. The summed E-state index contributed by atoms with van der Waals surface area (Å²) in [6.45, 7) is -0.190. The van der Waals surface area contributed by atoms with E-state index in [0.717, 1.165) is 12.1 Å². The van der Waals surface area contributed by atoms with E-state index in [1.165, 1.54) is 0 Å². The van der Waals surface area contributed by atoms with Crippen LogP contribution in [0.2, 0.25) is 5.02 Å². The zero-order chi connectivity index (χ0) is 20.8. The van der Waals surface area contributed by atoms with Gasteiger partial charge < -0.3 is 16.0 Å². The van der Waals surface area contributed by atoms with Gasteiger partial charge in [0.05, 0.1) is 23.6 Å². The van der Waals surface area contributed by atoms with Crippen LogP contribution in [-0.2, 0) is 4.79 Å². The van der Waals surface area contributed by atoms with Gasteiger partial charge in [0.15, 0.2) is 0 Å². The van der Waals surface area contributed by atoms with Crippen LogP contribution in [0.3, 0.4) is 0 Å². The number of anilines is 3. The van der Waals surface area contributed by atoms with Gasteiger partial charge in [-0.2, -0.15) is 0 Å². The van der Waals surface area contributed by atoms with Crippen molar-refractivity contribution in [2.24, 2.45) is 0 Å². The Balaban J connectivity index is 1.63. The number of hydrogen-bond acceptors (Lipinski definition) is 3. The van der Waals surface area contributed by atoms with Gasteiger partial charge in [0, 0.05) is 16.7 Å². The van der Waals surface area contributed by atoms with Crippen molar-refractivity contribution in [2.45, 2.75) is 0 Å². The largest absolute Gasteiger partial charge is 0.374 e. The van der Waals surface area contributed by atoms with Crippen LogP contribution in [0, 0.1) is 11.6 Å². The summed E-state index contributed by atoms with van der Waals surface area (Å²) in [6, 6.07) is 16.1. The van der Waals surface area contributed by atoms with Gasteiger partial charge in [0.25, 0.3) is 5.91 Å². The molecular weight excluding hydrogens is 400 g/mol. The fraction of sp³-hybridized carbons (Fsp3) is 0.0476. The molecular formula is C21H16ClF2N3O2. The SMILES string of the molecule is O=C(CNc1ccccc1NC(=O)c1ccc(Cl)cc1)Nc1ccc(F)cc1F. The van der Waals surface area contributed by atoms with Gasteiger partial charge >= 0.3 is 0 Å². The number of para-hydroxylation sites is 2. The molecule has 3 rings (SSSR count). The fourth-order valence-corrected chi connectivity index (χ4v) is 2.63. The van der Waals surface area contributed by atoms with Crippen molar-refractivity contribution in [2.75, 3.05) is 22.5 Å². The average molecular weight is 416 g/mol. The fourth-order valence-electron chi connectivity index (χ4n) is 2.50. The molecule has 0 radical (unpaired) electrons. The van der Waals surface area contributed by atoms with Gasteiger partial charge in [-0.15, -0.1) is 0 Å². The lowest BCUT2D eigenvalue weighted by atomic mass is 10.2. The molecule has 3 aromatic rings. The van der Waals surface area contributed by atoms with E-state index in [4.69, 9.17) is 11.6 Å². The Morgan fingerprint density at radius 3 is 2.21 bits per heavy atom. The van der Waals surface area contributed by atoms with Crippen molar-refractivity contribution >= 4 is 40.5 Å². The maximum atomic E-state index is 13.6. The predicted molar refractivity (Wildman–Crippen MR) is 109 cm³/mol. The smallest absolute Gasteiger partial charge is 0.255 e. The van der Waals surface area contributed by atoms with E-state index in [2.05, 4.69) is 16.0 Å². The maximum Gasteiger partial charge on any atom is 0.255 e. The van der Waals surface area contributed by atoms with E-state index in [1.54, 1.807) is 48.5 Å². The molecule has 5 nitrogen and oxygen atoms in total. The highest BCUT2D eigenvalue weighted by molar-refractivity contribution is 6.30. The summed E-state index contributed by atoms with van der Waals surface area (Å²) < 4.78 is 26.6. The summed E-state index contributed by atoms with van der Waals surface area (Å²) in [5.41, 5.74) is 1.27. The molecule has 0 heterocycles. The van der Waals surface area contributed by atoms with Crippen LogP contribution in [0.4, 0.5) is 25.8 Å². The lowest BCUT2D eigenvalue weighted by Gasteiger charge is -2.13. The molecule has 0 bridgehead atoms. The molecule has 0 saturated carbocycles. The molecule has 0 aliphatic carbocycles. The number of carbonyl (C=O) groups excluding carboxylic acids is 2. The van der Waals surface area contributed by atoms with E-state index >= 15 is 0 Å². The van der Waals surface area contributed by atoms with Crippen molar-refractivity contribution in [1.29, 1.82) is 0 Å². The number of nitrogens with one attached hydrogen (secondary N) is 3. The Morgan fingerprint density at radius 2 is 1.52 bits per heavy atom. The highest BCUT2D eigenvalue weighted by Gasteiger charge is 2.11. The van der Waals surface area contributed by atoms with Gasteiger partial charge in [0.2, 0.25) is 5.91 Å². The van der Waals surface area contributed by atoms with Gasteiger partial charge in [0.1, 0.15) is 11.6 Å². The van der Waals surface area contributed by atoms with Crippen LogP contribution in [0.25, 0.3) is 0 Å². The minimum atomic E-state index is -0.867. The molecule has 0 unspecified atom stereocenters. The minimum absolute atomic E-state index is 0.123. The van der Waals surface area contributed by atoms with E-state index in [-0.39, 0.29) is 18.1 Å². The van der Waals surface area contributed by atoms with Crippen LogP contribution < -0.4 is 16.0 Å². The van der Waals surface area contributed by atoms with Crippen molar-refractivity contribution in [1.82, 2.24) is 0 Å². The summed E-state index contributed by atoms with van der Waals surface area (Å²) in [5.74, 6) is -2.47. The number of halogens is 3. The molecule has 2 amide bonds. The third-order valence-electron chi connectivity index (χ3n) is 3.93. The van der Waals surface area contributed by atoms with Gasteiger partial charge in [-0.1, -0.05) is 23.7 Å². The van der Waals surface area contributed by atoms with Crippen LogP contribution in [0.1, 0.15) is 10.4 Å². The van der Waals surface area contributed by atoms with Crippen LogP contribution in [0.15, 0.2) is 66.7 Å². The minimum Gasteiger partial charge on any atom is -0.374 e. The zero-order valence-electron chi connectivity index (χ0n) is 15.0. The third kappa shape index (κ3) is 5.52. The summed E-state index contributed by atoms with van der Waals surface area (Å²) in [7, 11) is 0. The van der Waals surface area contributed by atoms with Crippen LogP contribution >= 0.6 is 11.6 Å². The van der Waals surface area contributed by atoms with Gasteiger partial charge in [-0.05, 0) is 48.5 Å². The number of rotatable bonds is 6. The Hall–Kier alpha value is -3.45. The number of benzene rings is 3. The molecule has 0 fully saturated rings. The third-order valence-corrected chi connectivity index (χ3v) is 4.18. The molecule has 148 valence electrons. The van der Waals surface area contributed by atoms with Gasteiger partial charge in [-0.25, -0.2) is 8.78 Å². The standard InChI is InChI=1S/C21H16ClF2N3O2/c22-14-7-5-13(6-8-14)21(29)27-19-4-2-1-3-18(19)25-12-20(28)26-17-10-9-15(23)11-16(17)24/h1-11,25H,12H2,(H,26,28)(H,27,29). The van der Waals surface area contributed by atoms with Crippen molar-refractivity contribution in [3.8, 4) is 0 Å². The molecule has 29 heavy (non-hydrogen) atoms. The van der Waals surface area contributed by atoms with E-state index in [0.29, 0.717) is 28.0 Å². The van der Waals surface area contributed by atoms with Gasteiger partial charge in [-0.3, -0.25) is 9.59 Å². The molecule has 8 heteroatoms. The number of hydrogen-bond donors (Lipinski definition) is 3. The monoisotopic (exact) mass is 415 g/mol. The first-order chi connectivity index (χ1) is 13.9. The van der Waals surface area contributed by atoms with E-state index in [9.17, 15) is 18.4 Å². The lowest BCUT2D eigenvalue weighted by molar-refractivity contribution is -0.114. The normalized spacial score (nSPS) is 10.3. The highest BCUT2D eigenvalue weighted by Crippen LogP contribution is 2.22. The predicted octanol–water partition coefficient (Wildman–Crippen LogP) is 4.92. The topological polar surface area (TPSA) is 70.2 Å². The second kappa shape index (κ2) is 9.16. The summed E-state index contributed by atoms with van der Waals surface area (Å²) in [5, 5.41) is 8.52. The quantitative estimate of drug-likeness (QED) is 0.535. The first-order valence-corrected chi connectivity index (χ1v) is 8.95. The molecule has 0 atom stereocenters. The second-order valence-electron chi connectivity index (χ2n) is 6.03. The molecule has 0 aliphatic heterocycles. The molecule has 0 aliphatic rings. The Morgan fingerprint density at radius 1 is 0.828 bits per heavy atom. The summed E-state index contributed by atoms with van der Waals surface area (Å²) in [4.78, 5) is 24.5. The molecule has 0 spiro atoms. The maximum absolute atomic E-state index is 13.6. The molecule has 0 saturated heterocycles. The first kappa shape index (κ1) is 20.3. The first-order valence-electron chi connectivity index (χ1n) is 8.57. The Labute approximate surface area is 170 Å². The molecule has 3 N–H and O–H groups in total. The van der Waals surface area contributed by atoms with Crippen LogP contribution in [-0.4, -0.2) is 18.4 Å². The zero-order valence-corrected chi connectivity index (χ0v) is 15.8. The highest BCUT2D eigenvalue weighted by atomic mass is 35.5. The number of carbonyl (C=O) groups is 2. The summed E-state index contributed by atoms with van der Waals surface area (Å²) >= 11 is 5.83. The summed E-state index contributed by atoms with van der Waals surface area (Å²) in [6.07, 6.45) is 0. The Bertz CT molecular complexity index is 1040. The van der Waals surface area contributed by atoms with E-state index < -0.39 is 17.5 Å². The lowest BCUT2D eigenvalue weighted by Crippen LogP contribution is -2.23. The number of amides is 2. The van der Waals surface area contributed by atoms with Crippen molar-refractivity contribution < 1.29 is 18.4 Å². The Kier molecular flexibility index (Phi) is 6.41.